The molecule has 0 heterocycles. The Morgan fingerprint density at radius 1 is 0.966 bits per heavy atom. The summed E-state index contributed by atoms with van der Waals surface area (Å²) in [4.78, 5) is 0. The molecule has 5 nitrogen and oxygen atoms in total. The molecule has 2 atom stereocenters. The van der Waals surface area contributed by atoms with Gasteiger partial charge in [-0.3, -0.25) is 0 Å². The Morgan fingerprint density at radius 2 is 1.59 bits per heavy atom. The van der Waals surface area contributed by atoms with Crippen LogP contribution in [0.2, 0.25) is 13.1 Å². The van der Waals surface area contributed by atoms with Crippen LogP contribution < -0.4 is 9.47 Å². The van der Waals surface area contributed by atoms with Gasteiger partial charge in [-0.05, 0) is 47.8 Å². The fourth-order valence-corrected chi connectivity index (χ4v) is 4.10. The highest BCUT2D eigenvalue weighted by atomic mass is 28.3. The minimum Gasteiger partial charge on any atom is -0.497 e. The highest BCUT2D eigenvalue weighted by molar-refractivity contribution is 6.48. The molecule has 1 N–H and O–H groups in total. The van der Waals surface area contributed by atoms with Gasteiger partial charge >= 0.3 is 0 Å². The predicted molar refractivity (Wildman–Crippen MR) is 117 cm³/mol. The van der Waals surface area contributed by atoms with Gasteiger partial charge in [-0.25, -0.2) is 0 Å². The van der Waals surface area contributed by atoms with E-state index < -0.39 is 15.1 Å². The molecule has 0 bridgehead atoms. The Balaban J connectivity index is 2.33. The van der Waals surface area contributed by atoms with E-state index in [-0.39, 0.29) is 18.3 Å². The minimum atomic E-state index is -0.850. The summed E-state index contributed by atoms with van der Waals surface area (Å²) in [5.41, 5.74) is 2.50. The fourth-order valence-electron chi connectivity index (χ4n) is 3.13. The zero-order chi connectivity index (χ0) is 21.6. The second-order valence-corrected chi connectivity index (χ2v) is 10.3. The summed E-state index contributed by atoms with van der Waals surface area (Å²) >= 11 is 0. The van der Waals surface area contributed by atoms with Crippen LogP contribution in [-0.2, 0) is 9.16 Å². The summed E-state index contributed by atoms with van der Waals surface area (Å²) in [5, 5.41) is 11.0. The van der Waals surface area contributed by atoms with Crippen LogP contribution in [0.3, 0.4) is 0 Å². The van der Waals surface area contributed by atoms with Gasteiger partial charge in [0.15, 0.2) is 6.79 Å². The van der Waals surface area contributed by atoms with Crippen LogP contribution in [0.5, 0.6) is 11.5 Å². The number of ether oxygens (including phenoxy) is 3. The smallest absolute Gasteiger partial charge is 0.205 e. The summed E-state index contributed by atoms with van der Waals surface area (Å²) < 4.78 is 22.2. The number of rotatable bonds is 9. The van der Waals surface area contributed by atoms with Crippen LogP contribution in [0, 0.1) is 5.41 Å². The highest BCUT2D eigenvalue weighted by Gasteiger charge is 2.28. The number of aliphatic hydroxyl groups is 1. The van der Waals surface area contributed by atoms with Gasteiger partial charge in [0.05, 0.1) is 13.2 Å². The number of hydrogen-bond donors (Lipinski definition) is 1. The third-order valence-electron chi connectivity index (χ3n) is 4.54. The van der Waals surface area contributed by atoms with Crippen molar-refractivity contribution in [3.8, 4) is 11.5 Å². The van der Waals surface area contributed by atoms with Crippen molar-refractivity contribution in [2.75, 3.05) is 21.0 Å². The lowest BCUT2D eigenvalue weighted by molar-refractivity contribution is 0.0487. The molecule has 0 aromatic heterocycles. The molecule has 2 aromatic carbocycles. The molecule has 0 spiro atoms. The Morgan fingerprint density at radius 3 is 2.10 bits per heavy atom. The van der Waals surface area contributed by atoms with Crippen molar-refractivity contribution in [2.24, 2.45) is 5.41 Å². The van der Waals surface area contributed by atoms with E-state index in [0.29, 0.717) is 17.1 Å². The summed E-state index contributed by atoms with van der Waals surface area (Å²) in [6.07, 6.45) is -0.841. The predicted octanol–water partition coefficient (Wildman–Crippen LogP) is 5.11. The molecular weight excluding hydrogens is 384 g/mol. The number of methoxy groups -OCH3 is 2. The van der Waals surface area contributed by atoms with Gasteiger partial charge in [0.2, 0.25) is 9.04 Å². The zero-order valence-electron chi connectivity index (χ0n) is 18.5. The van der Waals surface area contributed by atoms with Crippen LogP contribution in [-0.4, -0.2) is 35.2 Å². The van der Waals surface area contributed by atoms with Gasteiger partial charge < -0.3 is 23.7 Å². The largest absolute Gasteiger partial charge is 0.497 e. The number of hydrogen-bond acceptors (Lipinski definition) is 5. The van der Waals surface area contributed by atoms with Crippen molar-refractivity contribution in [1.82, 2.24) is 0 Å². The molecule has 159 valence electrons. The zero-order valence-corrected chi connectivity index (χ0v) is 19.5. The van der Waals surface area contributed by atoms with Gasteiger partial charge in [-0.15, -0.1) is 0 Å². The third kappa shape index (κ3) is 6.31. The lowest BCUT2D eigenvalue weighted by Crippen LogP contribution is -2.25. The first-order valence-electron chi connectivity index (χ1n) is 9.71. The van der Waals surface area contributed by atoms with E-state index in [9.17, 15) is 5.11 Å². The molecule has 6 heteroatoms. The van der Waals surface area contributed by atoms with E-state index in [0.717, 1.165) is 11.1 Å². The SMILES string of the molecule is COCOc1ccc(OC)cc1C(O)c1ccc(C(O[Si](C)C)C(C)(C)C)cc1. The van der Waals surface area contributed by atoms with Gasteiger partial charge in [0.25, 0.3) is 0 Å². The molecule has 2 aromatic rings. The van der Waals surface area contributed by atoms with Gasteiger partial charge in [-0.1, -0.05) is 45.0 Å². The van der Waals surface area contributed by atoms with Crippen molar-refractivity contribution < 1.29 is 23.7 Å². The first-order valence-corrected chi connectivity index (χ1v) is 12.1. The molecule has 0 amide bonds. The van der Waals surface area contributed by atoms with Crippen molar-refractivity contribution in [3.05, 3.63) is 59.2 Å². The Bertz CT molecular complexity index is 768. The molecule has 0 fully saturated rings. The minimum absolute atomic E-state index is 0.00926. The fraction of sp³-hybridized carbons (Fsp3) is 0.478. The maximum Gasteiger partial charge on any atom is 0.205 e. The second kappa shape index (κ2) is 10.3. The van der Waals surface area contributed by atoms with Crippen LogP contribution in [0.1, 0.15) is 49.7 Å². The highest BCUT2D eigenvalue weighted by Crippen LogP contribution is 2.38. The number of benzene rings is 2. The average molecular weight is 418 g/mol. The molecule has 2 rings (SSSR count). The maximum atomic E-state index is 11.0. The van der Waals surface area contributed by atoms with Gasteiger partial charge in [0.1, 0.15) is 17.6 Å². The van der Waals surface area contributed by atoms with Crippen molar-refractivity contribution in [1.29, 1.82) is 0 Å². The van der Waals surface area contributed by atoms with Gasteiger partial charge in [-0.2, -0.15) is 0 Å². The monoisotopic (exact) mass is 417 g/mol. The summed E-state index contributed by atoms with van der Waals surface area (Å²) in [6, 6.07) is 13.3. The molecule has 1 radical (unpaired) electrons. The lowest BCUT2D eigenvalue weighted by Gasteiger charge is -2.33. The summed E-state index contributed by atoms with van der Waals surface area (Å²) in [5.74, 6) is 1.21. The van der Waals surface area contributed by atoms with E-state index in [4.69, 9.17) is 18.6 Å². The molecule has 0 aliphatic carbocycles. The third-order valence-corrected chi connectivity index (χ3v) is 5.25. The topological polar surface area (TPSA) is 57.2 Å². The average Bonchev–Trinajstić information content (AvgIpc) is 2.69. The molecule has 0 aliphatic rings. The van der Waals surface area contributed by atoms with Crippen LogP contribution in [0.15, 0.2) is 42.5 Å². The lowest BCUT2D eigenvalue weighted by atomic mass is 9.84. The molecular formula is C23H33O5Si. The summed E-state index contributed by atoms with van der Waals surface area (Å²) in [7, 11) is 2.31. The standard InChI is InChI=1S/C23H33O5Si/c1-23(2,3)22(28-29(6)7)17-10-8-16(9-11-17)21(24)19-14-18(26-5)12-13-20(19)27-15-25-4/h8-14,21-22,24H,15H2,1-7H3. The quantitative estimate of drug-likeness (QED) is 0.454. The Labute approximate surface area is 176 Å². The van der Waals surface area contributed by atoms with Gasteiger partial charge in [0, 0.05) is 12.7 Å². The van der Waals surface area contributed by atoms with Crippen LogP contribution in [0.25, 0.3) is 0 Å². The molecule has 0 saturated heterocycles. The van der Waals surface area contributed by atoms with Crippen LogP contribution >= 0.6 is 0 Å². The van der Waals surface area contributed by atoms with Crippen molar-refractivity contribution in [3.63, 3.8) is 0 Å². The first-order chi connectivity index (χ1) is 13.7. The van der Waals surface area contributed by atoms with E-state index in [1.165, 1.54) is 0 Å². The van der Waals surface area contributed by atoms with Crippen molar-refractivity contribution >= 4 is 9.04 Å². The second-order valence-electron chi connectivity index (χ2n) is 8.30. The van der Waals surface area contributed by atoms with E-state index >= 15 is 0 Å². The van der Waals surface area contributed by atoms with Crippen molar-refractivity contribution in [2.45, 2.75) is 46.1 Å². The normalized spacial score (nSPS) is 14.0. The number of aliphatic hydroxyl groups excluding tert-OH is 1. The van der Waals surface area contributed by atoms with E-state index in [2.05, 4.69) is 33.9 Å². The van der Waals surface area contributed by atoms with Crippen LogP contribution in [0.4, 0.5) is 0 Å². The summed E-state index contributed by atoms with van der Waals surface area (Å²) in [6.45, 7) is 10.9. The van der Waals surface area contributed by atoms with E-state index in [1.807, 2.05) is 24.3 Å². The Hall–Kier alpha value is -1.86. The molecule has 2 unspecified atom stereocenters. The molecule has 0 saturated carbocycles. The molecule has 0 aliphatic heterocycles. The molecule has 29 heavy (non-hydrogen) atoms. The Kier molecular flexibility index (Phi) is 8.28. The van der Waals surface area contributed by atoms with E-state index in [1.54, 1.807) is 32.4 Å². The maximum absolute atomic E-state index is 11.0. The first kappa shape index (κ1) is 23.4.